The van der Waals surface area contributed by atoms with Gasteiger partial charge in [-0.15, -0.1) is 0 Å². The first-order valence-electron chi connectivity index (χ1n) is 5.61. The van der Waals surface area contributed by atoms with Crippen molar-refractivity contribution in [1.29, 1.82) is 0 Å². The van der Waals surface area contributed by atoms with Gasteiger partial charge in [0.25, 0.3) is 0 Å². The first-order valence-corrected chi connectivity index (χ1v) is 6.37. The molecule has 1 aromatic heterocycles. The molecule has 0 spiro atoms. The number of rotatable bonds is 4. The summed E-state index contributed by atoms with van der Waals surface area (Å²) in [5, 5.41) is 0.871. The predicted molar refractivity (Wildman–Crippen MR) is 74.4 cm³/mol. The molecule has 0 saturated heterocycles. The van der Waals surface area contributed by atoms with Gasteiger partial charge in [-0.3, -0.25) is 16.3 Å². The van der Waals surface area contributed by atoms with Crippen LogP contribution in [0.25, 0.3) is 0 Å². The second kappa shape index (κ2) is 6.30. The molecule has 0 radical (unpaired) electrons. The Bertz CT molecular complexity index is 578. The van der Waals surface area contributed by atoms with Crippen LogP contribution in [0.15, 0.2) is 36.7 Å². The second-order valence-corrected chi connectivity index (χ2v) is 4.90. The maximum atomic E-state index is 13.9. The molecule has 0 amide bonds. The van der Waals surface area contributed by atoms with Gasteiger partial charge >= 0.3 is 0 Å². The van der Waals surface area contributed by atoms with E-state index in [4.69, 9.17) is 29.0 Å². The number of benzene rings is 1. The normalized spacial score (nSPS) is 12.4. The number of nitrogens with zero attached hydrogens (tertiary/aromatic N) is 1. The minimum Gasteiger partial charge on any atom is -0.271 e. The summed E-state index contributed by atoms with van der Waals surface area (Å²) >= 11 is 11.8. The summed E-state index contributed by atoms with van der Waals surface area (Å²) in [5.41, 5.74) is 3.88. The fourth-order valence-corrected chi connectivity index (χ4v) is 2.19. The maximum Gasteiger partial charge on any atom is 0.129 e. The molecule has 0 aliphatic carbocycles. The van der Waals surface area contributed by atoms with Gasteiger partial charge in [0.15, 0.2) is 0 Å². The van der Waals surface area contributed by atoms with Crippen LogP contribution in [0.3, 0.4) is 0 Å². The van der Waals surface area contributed by atoms with Crippen molar-refractivity contribution in [3.8, 4) is 0 Å². The summed E-state index contributed by atoms with van der Waals surface area (Å²) in [5.74, 6) is 5.10. The third kappa shape index (κ3) is 3.42. The van der Waals surface area contributed by atoms with E-state index in [1.807, 2.05) is 0 Å². The number of halogens is 3. The van der Waals surface area contributed by atoms with Crippen LogP contribution in [0.4, 0.5) is 4.39 Å². The van der Waals surface area contributed by atoms with Gasteiger partial charge in [0.05, 0.1) is 11.1 Å². The van der Waals surface area contributed by atoms with Crippen LogP contribution in [0.5, 0.6) is 0 Å². The van der Waals surface area contributed by atoms with E-state index in [9.17, 15) is 4.39 Å². The second-order valence-electron chi connectivity index (χ2n) is 4.06. The number of nitrogens with two attached hydrogens (primary N) is 1. The molecular weight excluding hydrogens is 288 g/mol. The number of hydrogen-bond acceptors (Lipinski definition) is 3. The standard InChI is InChI=1S/C13H12Cl2FN3/c14-9-1-2-10(12(16)6-9)13(19-17)5-8-3-4-18-7-11(8)15/h1-4,6-7,13,19H,5,17H2. The fourth-order valence-electron chi connectivity index (χ4n) is 1.83. The molecule has 1 unspecified atom stereocenters. The zero-order valence-electron chi connectivity index (χ0n) is 9.91. The van der Waals surface area contributed by atoms with Crippen LogP contribution in [0.2, 0.25) is 10.0 Å². The van der Waals surface area contributed by atoms with Gasteiger partial charge in [-0.2, -0.15) is 0 Å². The summed E-state index contributed by atoms with van der Waals surface area (Å²) in [7, 11) is 0. The summed E-state index contributed by atoms with van der Waals surface area (Å²) in [4.78, 5) is 3.90. The predicted octanol–water partition coefficient (Wildman–Crippen LogP) is 3.27. The van der Waals surface area contributed by atoms with E-state index in [1.54, 1.807) is 30.6 Å². The Morgan fingerprint density at radius 3 is 2.74 bits per heavy atom. The first kappa shape index (κ1) is 14.2. The van der Waals surface area contributed by atoms with Gasteiger partial charge in [0.1, 0.15) is 5.82 Å². The van der Waals surface area contributed by atoms with Crippen molar-refractivity contribution in [1.82, 2.24) is 10.4 Å². The topological polar surface area (TPSA) is 50.9 Å². The zero-order valence-corrected chi connectivity index (χ0v) is 11.4. The van der Waals surface area contributed by atoms with Gasteiger partial charge in [-0.25, -0.2) is 4.39 Å². The van der Waals surface area contributed by atoms with E-state index in [1.165, 1.54) is 6.07 Å². The number of aromatic nitrogens is 1. The van der Waals surface area contributed by atoms with Crippen molar-refractivity contribution >= 4 is 23.2 Å². The smallest absolute Gasteiger partial charge is 0.129 e. The molecule has 100 valence electrons. The van der Waals surface area contributed by atoms with Crippen molar-refractivity contribution in [3.63, 3.8) is 0 Å². The monoisotopic (exact) mass is 299 g/mol. The summed E-state index contributed by atoms with van der Waals surface area (Å²) < 4.78 is 13.9. The summed E-state index contributed by atoms with van der Waals surface area (Å²) in [6, 6.07) is 5.88. The highest BCUT2D eigenvalue weighted by atomic mass is 35.5. The van der Waals surface area contributed by atoms with Crippen molar-refractivity contribution in [2.24, 2.45) is 5.84 Å². The Morgan fingerprint density at radius 1 is 1.32 bits per heavy atom. The highest BCUT2D eigenvalue weighted by molar-refractivity contribution is 6.31. The largest absolute Gasteiger partial charge is 0.271 e. The number of nitrogens with one attached hydrogen (secondary N) is 1. The van der Waals surface area contributed by atoms with Crippen LogP contribution >= 0.6 is 23.2 Å². The highest BCUT2D eigenvalue weighted by Crippen LogP contribution is 2.25. The quantitative estimate of drug-likeness (QED) is 0.673. The fraction of sp³-hybridized carbons (Fsp3) is 0.154. The number of hydrazine groups is 1. The molecule has 0 bridgehead atoms. The lowest BCUT2D eigenvalue weighted by molar-refractivity contribution is 0.510. The van der Waals surface area contributed by atoms with Crippen LogP contribution in [0, 0.1) is 5.82 Å². The highest BCUT2D eigenvalue weighted by Gasteiger charge is 2.16. The molecule has 3 nitrogen and oxygen atoms in total. The van der Waals surface area contributed by atoms with Crippen molar-refractivity contribution in [2.75, 3.05) is 0 Å². The Morgan fingerprint density at radius 2 is 2.11 bits per heavy atom. The molecule has 6 heteroatoms. The molecule has 1 heterocycles. The average Bonchev–Trinajstić information content (AvgIpc) is 2.39. The van der Waals surface area contributed by atoms with Crippen molar-refractivity contribution in [2.45, 2.75) is 12.5 Å². The molecule has 0 saturated carbocycles. The molecule has 1 aromatic carbocycles. The summed E-state index contributed by atoms with van der Waals surface area (Å²) in [6.07, 6.45) is 3.63. The molecule has 2 aromatic rings. The van der Waals surface area contributed by atoms with E-state index in [0.717, 1.165) is 5.56 Å². The van der Waals surface area contributed by atoms with E-state index in [0.29, 0.717) is 22.0 Å². The molecule has 2 rings (SSSR count). The lowest BCUT2D eigenvalue weighted by Crippen LogP contribution is -2.30. The Kier molecular flexibility index (Phi) is 4.71. The first-order chi connectivity index (χ1) is 9.11. The lowest BCUT2D eigenvalue weighted by Gasteiger charge is -2.17. The third-order valence-electron chi connectivity index (χ3n) is 2.82. The third-order valence-corrected chi connectivity index (χ3v) is 3.39. The number of pyridine rings is 1. The van der Waals surface area contributed by atoms with Crippen molar-refractivity contribution in [3.05, 3.63) is 63.6 Å². The summed E-state index contributed by atoms with van der Waals surface area (Å²) in [6.45, 7) is 0. The van der Waals surface area contributed by atoms with Crippen molar-refractivity contribution < 1.29 is 4.39 Å². The lowest BCUT2D eigenvalue weighted by atomic mass is 9.99. The van der Waals surface area contributed by atoms with Crippen LogP contribution < -0.4 is 11.3 Å². The van der Waals surface area contributed by atoms with Crippen LogP contribution in [-0.4, -0.2) is 4.98 Å². The van der Waals surface area contributed by atoms with Gasteiger partial charge in [-0.05, 0) is 30.2 Å². The zero-order chi connectivity index (χ0) is 13.8. The Balaban J connectivity index is 2.28. The van der Waals surface area contributed by atoms with Crippen LogP contribution in [0.1, 0.15) is 17.2 Å². The van der Waals surface area contributed by atoms with E-state index in [-0.39, 0.29) is 0 Å². The van der Waals surface area contributed by atoms with Gasteiger partial charge in [-0.1, -0.05) is 29.3 Å². The minimum absolute atomic E-state index is 0.346. The Labute approximate surface area is 120 Å². The molecule has 0 fully saturated rings. The molecule has 0 aliphatic rings. The van der Waals surface area contributed by atoms with Crippen LogP contribution in [-0.2, 0) is 6.42 Å². The molecule has 1 atom stereocenters. The SMILES string of the molecule is NNC(Cc1ccncc1Cl)c1ccc(Cl)cc1F. The average molecular weight is 300 g/mol. The Hall–Kier alpha value is -1.20. The van der Waals surface area contributed by atoms with E-state index in [2.05, 4.69) is 10.4 Å². The molecule has 0 aliphatic heterocycles. The van der Waals surface area contributed by atoms with E-state index >= 15 is 0 Å². The van der Waals surface area contributed by atoms with Gasteiger partial charge in [0.2, 0.25) is 0 Å². The minimum atomic E-state index is -0.402. The van der Waals surface area contributed by atoms with Gasteiger partial charge in [0, 0.05) is 23.0 Å². The maximum absolute atomic E-state index is 13.9. The molecular formula is C13H12Cl2FN3. The van der Waals surface area contributed by atoms with Gasteiger partial charge < -0.3 is 0 Å². The number of hydrogen-bond donors (Lipinski definition) is 2. The molecule has 3 N–H and O–H groups in total. The molecule has 19 heavy (non-hydrogen) atoms. The van der Waals surface area contributed by atoms with E-state index < -0.39 is 11.9 Å².